The minimum atomic E-state index is -0.722. The third-order valence-electron chi connectivity index (χ3n) is 3.69. The molecule has 21 heavy (non-hydrogen) atoms. The Bertz CT molecular complexity index is 615. The van der Waals surface area contributed by atoms with Gasteiger partial charge in [-0.3, -0.25) is 14.9 Å². The first-order chi connectivity index (χ1) is 9.96. The second kappa shape index (κ2) is 5.89. The number of piperidine rings is 1. The summed E-state index contributed by atoms with van der Waals surface area (Å²) in [4.78, 5) is 22.8. The molecule has 1 heterocycles. The van der Waals surface area contributed by atoms with Crippen molar-refractivity contribution >= 4 is 17.3 Å². The van der Waals surface area contributed by atoms with E-state index in [-0.39, 0.29) is 22.8 Å². The van der Waals surface area contributed by atoms with E-state index in [4.69, 9.17) is 5.26 Å². The van der Waals surface area contributed by atoms with Crippen molar-refractivity contribution < 1.29 is 9.72 Å². The number of benzene rings is 1. The van der Waals surface area contributed by atoms with Crippen LogP contribution in [0.1, 0.15) is 31.7 Å². The summed E-state index contributed by atoms with van der Waals surface area (Å²) in [5.41, 5.74) is -0.707. The van der Waals surface area contributed by atoms with Gasteiger partial charge in [0.25, 0.3) is 5.69 Å². The summed E-state index contributed by atoms with van der Waals surface area (Å²) in [6, 6.07) is 5.84. The van der Waals surface area contributed by atoms with Crippen molar-refractivity contribution in [2.45, 2.75) is 31.7 Å². The first-order valence-electron chi connectivity index (χ1n) is 6.71. The molecule has 0 radical (unpaired) electrons. The number of nitro groups is 1. The van der Waals surface area contributed by atoms with Crippen LogP contribution >= 0.6 is 0 Å². The molecule has 1 fully saturated rings. The van der Waals surface area contributed by atoms with Gasteiger partial charge in [0.15, 0.2) is 0 Å². The molecule has 1 unspecified atom stereocenters. The monoisotopic (exact) mass is 288 g/mol. The first kappa shape index (κ1) is 14.9. The van der Waals surface area contributed by atoms with E-state index in [0.717, 1.165) is 25.5 Å². The number of carbonyl (C=O) groups excluding carboxylic acids is 1. The number of nitro benzene ring substituents is 1. The Morgan fingerprint density at radius 1 is 1.52 bits per heavy atom. The van der Waals surface area contributed by atoms with Crippen LogP contribution in [0.25, 0.3) is 0 Å². The number of hydrogen-bond acceptors (Lipinski definition) is 5. The van der Waals surface area contributed by atoms with Crippen LogP contribution in [0.4, 0.5) is 11.4 Å². The van der Waals surface area contributed by atoms with E-state index in [1.165, 1.54) is 12.1 Å². The van der Waals surface area contributed by atoms with Crippen molar-refractivity contribution in [1.29, 1.82) is 5.26 Å². The highest BCUT2D eigenvalue weighted by atomic mass is 16.6. The smallest absolute Gasteiger partial charge is 0.294 e. The summed E-state index contributed by atoms with van der Waals surface area (Å²) in [5, 5.41) is 25.6. The Kier molecular flexibility index (Phi) is 4.19. The number of hydrogen-bond donors (Lipinski definition) is 2. The topological polar surface area (TPSA) is 108 Å². The molecule has 0 bridgehead atoms. The number of nitrogens with zero attached hydrogens (tertiary/aromatic N) is 2. The fourth-order valence-corrected chi connectivity index (χ4v) is 2.37. The predicted octanol–water partition coefficient (Wildman–Crippen LogP) is 1.94. The second-order valence-corrected chi connectivity index (χ2v) is 5.27. The molecular formula is C14H16N4O3. The molecule has 0 aromatic heterocycles. The van der Waals surface area contributed by atoms with Gasteiger partial charge in [-0.15, -0.1) is 0 Å². The quantitative estimate of drug-likeness (QED) is 0.652. The average Bonchev–Trinajstić information content (AvgIpc) is 2.48. The van der Waals surface area contributed by atoms with E-state index < -0.39 is 10.5 Å². The summed E-state index contributed by atoms with van der Waals surface area (Å²) in [5.74, 6) is -0.296. The van der Waals surface area contributed by atoms with Crippen LogP contribution in [0.15, 0.2) is 18.2 Å². The molecule has 1 aromatic carbocycles. The Labute approximate surface area is 122 Å². The van der Waals surface area contributed by atoms with Crippen LogP contribution in [0.3, 0.4) is 0 Å². The van der Waals surface area contributed by atoms with Crippen molar-refractivity contribution in [2.24, 2.45) is 0 Å². The molecule has 1 amide bonds. The minimum absolute atomic E-state index is 0.109. The van der Waals surface area contributed by atoms with Crippen LogP contribution < -0.4 is 10.6 Å². The Balaban J connectivity index is 2.25. The lowest BCUT2D eigenvalue weighted by molar-refractivity contribution is -0.384. The summed E-state index contributed by atoms with van der Waals surface area (Å²) in [7, 11) is 0. The molecule has 0 aliphatic carbocycles. The van der Waals surface area contributed by atoms with E-state index in [9.17, 15) is 14.9 Å². The van der Waals surface area contributed by atoms with Gasteiger partial charge in [-0.1, -0.05) is 0 Å². The maximum absolute atomic E-state index is 12.4. The molecular weight excluding hydrogens is 272 g/mol. The van der Waals surface area contributed by atoms with Crippen molar-refractivity contribution in [2.75, 3.05) is 11.9 Å². The minimum Gasteiger partial charge on any atom is -0.319 e. The zero-order chi connectivity index (χ0) is 15.5. The van der Waals surface area contributed by atoms with Crippen LogP contribution in [0.2, 0.25) is 0 Å². The van der Waals surface area contributed by atoms with Crippen LogP contribution in [0.5, 0.6) is 0 Å². The fourth-order valence-electron chi connectivity index (χ4n) is 2.37. The number of nitriles is 1. The molecule has 2 N–H and O–H groups in total. The lowest BCUT2D eigenvalue weighted by atomic mass is 9.90. The maximum Gasteiger partial charge on any atom is 0.294 e. The van der Waals surface area contributed by atoms with Crippen molar-refractivity contribution in [3.8, 4) is 6.07 Å². The Morgan fingerprint density at radius 2 is 2.29 bits per heavy atom. The van der Waals surface area contributed by atoms with Crippen molar-refractivity contribution in [3.63, 3.8) is 0 Å². The second-order valence-electron chi connectivity index (χ2n) is 5.27. The third-order valence-corrected chi connectivity index (χ3v) is 3.69. The highest BCUT2D eigenvalue weighted by Crippen LogP contribution is 2.27. The zero-order valence-electron chi connectivity index (χ0n) is 11.7. The van der Waals surface area contributed by atoms with E-state index in [0.29, 0.717) is 6.42 Å². The molecule has 0 saturated carbocycles. The zero-order valence-corrected chi connectivity index (χ0v) is 11.7. The van der Waals surface area contributed by atoms with Gasteiger partial charge >= 0.3 is 0 Å². The average molecular weight is 288 g/mol. The number of carbonyl (C=O) groups is 1. The fraction of sp³-hybridized carbons (Fsp3) is 0.429. The maximum atomic E-state index is 12.4. The highest BCUT2D eigenvalue weighted by molar-refractivity contribution is 5.99. The van der Waals surface area contributed by atoms with E-state index >= 15 is 0 Å². The molecule has 7 heteroatoms. The lowest BCUT2D eigenvalue weighted by Crippen LogP contribution is -2.54. The normalized spacial score (nSPS) is 21.3. The highest BCUT2D eigenvalue weighted by Gasteiger charge is 2.35. The number of nitrogens with one attached hydrogen (secondary N) is 2. The van der Waals surface area contributed by atoms with Crippen LogP contribution in [-0.4, -0.2) is 22.9 Å². The number of amides is 1. The molecule has 2 rings (SSSR count). The van der Waals surface area contributed by atoms with E-state index in [2.05, 4.69) is 10.6 Å². The molecule has 1 aliphatic rings. The molecule has 1 aromatic rings. The van der Waals surface area contributed by atoms with E-state index in [1.54, 1.807) is 6.92 Å². The van der Waals surface area contributed by atoms with Gasteiger partial charge < -0.3 is 10.6 Å². The third kappa shape index (κ3) is 3.17. The Hall–Kier alpha value is -2.46. The molecule has 1 aliphatic heterocycles. The van der Waals surface area contributed by atoms with Crippen LogP contribution in [-0.2, 0) is 4.79 Å². The van der Waals surface area contributed by atoms with Gasteiger partial charge in [0.05, 0.1) is 22.1 Å². The number of anilines is 1. The molecule has 7 nitrogen and oxygen atoms in total. The van der Waals surface area contributed by atoms with Crippen molar-refractivity contribution in [3.05, 3.63) is 33.9 Å². The van der Waals surface area contributed by atoms with Crippen LogP contribution in [0, 0.1) is 21.4 Å². The molecule has 1 atom stereocenters. The SMILES string of the molecule is CC1(C(=O)Nc2ccc(C#N)cc2[N+](=O)[O-])CCCCN1. The molecule has 110 valence electrons. The van der Waals surface area contributed by atoms with E-state index in [1.807, 2.05) is 6.07 Å². The first-order valence-corrected chi connectivity index (χ1v) is 6.71. The van der Waals surface area contributed by atoms with Gasteiger partial charge in [0, 0.05) is 6.07 Å². The Morgan fingerprint density at radius 3 is 2.86 bits per heavy atom. The largest absolute Gasteiger partial charge is 0.319 e. The summed E-state index contributed by atoms with van der Waals surface area (Å²) >= 11 is 0. The summed E-state index contributed by atoms with van der Waals surface area (Å²) in [6.45, 7) is 2.54. The van der Waals surface area contributed by atoms with Crippen molar-refractivity contribution in [1.82, 2.24) is 5.32 Å². The van der Waals surface area contributed by atoms with Gasteiger partial charge in [-0.2, -0.15) is 5.26 Å². The number of rotatable bonds is 3. The summed E-state index contributed by atoms with van der Waals surface area (Å²) < 4.78 is 0. The predicted molar refractivity (Wildman–Crippen MR) is 76.7 cm³/mol. The van der Waals surface area contributed by atoms with Gasteiger partial charge in [-0.05, 0) is 44.9 Å². The summed E-state index contributed by atoms with van der Waals surface area (Å²) in [6.07, 6.45) is 2.63. The lowest BCUT2D eigenvalue weighted by Gasteiger charge is -2.33. The van der Waals surface area contributed by atoms with Gasteiger partial charge in [0.2, 0.25) is 5.91 Å². The standard InChI is InChI=1S/C14H16N4O3/c1-14(6-2-3-7-16-14)13(19)17-11-5-4-10(9-15)8-12(11)18(20)21/h4-5,8,16H,2-3,6-7H2,1H3,(H,17,19). The van der Waals surface area contributed by atoms with Gasteiger partial charge in [0.1, 0.15) is 5.69 Å². The molecule has 1 saturated heterocycles. The molecule has 0 spiro atoms. The van der Waals surface area contributed by atoms with Gasteiger partial charge in [-0.25, -0.2) is 0 Å².